The molecule has 0 aliphatic heterocycles. The molecule has 1 unspecified atom stereocenters. The van der Waals surface area contributed by atoms with Crippen molar-refractivity contribution in [2.24, 2.45) is 29.2 Å². The molecule has 0 aliphatic rings. The molecule has 0 rings (SSSR count). The van der Waals surface area contributed by atoms with Crippen LogP contribution in [0.4, 0.5) is 0 Å². The molecule has 7 nitrogen and oxygen atoms in total. The second-order valence-corrected chi connectivity index (χ2v) is 7.88. The summed E-state index contributed by atoms with van der Waals surface area (Å²) in [5.74, 6) is -1.55. The molecule has 4 atom stereocenters. The normalized spacial score (nSPS) is 16.2. The number of ketones is 2. The maximum atomic E-state index is 12.5. The zero-order valence-electron chi connectivity index (χ0n) is 16.8. The molecule has 0 saturated carbocycles. The first-order valence-corrected chi connectivity index (χ1v) is 9.49. The zero-order chi connectivity index (χ0) is 20.4. The first kappa shape index (κ1) is 24.7. The Labute approximate surface area is 157 Å². The van der Waals surface area contributed by atoms with E-state index in [1.54, 1.807) is 13.8 Å². The van der Waals surface area contributed by atoms with Crippen LogP contribution in [0.2, 0.25) is 0 Å². The predicted octanol–water partition coefficient (Wildman–Crippen LogP) is 0.765. The molecule has 152 valence electrons. The summed E-state index contributed by atoms with van der Waals surface area (Å²) in [4.78, 5) is 37.0. The van der Waals surface area contributed by atoms with Gasteiger partial charge in [-0.1, -0.05) is 27.7 Å². The Morgan fingerprint density at radius 3 is 2.04 bits per heavy atom. The molecule has 1 amide bonds. The Morgan fingerprint density at radius 2 is 1.62 bits per heavy atom. The third-order valence-corrected chi connectivity index (χ3v) is 4.31. The van der Waals surface area contributed by atoms with Gasteiger partial charge in [-0.2, -0.15) is 0 Å². The highest BCUT2D eigenvalue weighted by atomic mass is 16.3. The molecule has 0 aliphatic carbocycles. The number of nitrogens with one attached hydrogen (secondary N) is 1. The lowest BCUT2D eigenvalue weighted by molar-refractivity contribution is -0.136. The fraction of sp³-hybridized carbons (Fsp3) is 0.842. The van der Waals surface area contributed by atoms with Crippen molar-refractivity contribution in [2.75, 3.05) is 6.54 Å². The van der Waals surface area contributed by atoms with E-state index in [2.05, 4.69) is 5.32 Å². The topological polar surface area (TPSA) is 136 Å². The third kappa shape index (κ3) is 9.40. The minimum absolute atomic E-state index is 0.0967. The van der Waals surface area contributed by atoms with Crippen LogP contribution in [0, 0.1) is 17.8 Å². The van der Waals surface area contributed by atoms with Gasteiger partial charge in [-0.3, -0.25) is 14.4 Å². The van der Waals surface area contributed by atoms with Crippen LogP contribution in [0.15, 0.2) is 0 Å². The summed E-state index contributed by atoms with van der Waals surface area (Å²) >= 11 is 0. The van der Waals surface area contributed by atoms with Gasteiger partial charge in [0, 0.05) is 24.8 Å². The number of carbonyl (C=O) groups is 3. The van der Waals surface area contributed by atoms with E-state index in [9.17, 15) is 19.5 Å². The van der Waals surface area contributed by atoms with Crippen LogP contribution in [0.1, 0.15) is 60.3 Å². The van der Waals surface area contributed by atoms with Gasteiger partial charge in [0.1, 0.15) is 5.78 Å². The zero-order valence-corrected chi connectivity index (χ0v) is 16.8. The van der Waals surface area contributed by atoms with Crippen LogP contribution in [0.5, 0.6) is 0 Å². The van der Waals surface area contributed by atoms with Gasteiger partial charge in [0.15, 0.2) is 5.78 Å². The highest BCUT2D eigenvalue weighted by molar-refractivity contribution is 5.92. The summed E-state index contributed by atoms with van der Waals surface area (Å²) in [7, 11) is 0. The van der Waals surface area contributed by atoms with Gasteiger partial charge in [0.05, 0.1) is 18.1 Å². The number of carbonyl (C=O) groups excluding carboxylic acids is 3. The molecule has 0 fully saturated rings. The Morgan fingerprint density at radius 1 is 1.04 bits per heavy atom. The van der Waals surface area contributed by atoms with Gasteiger partial charge in [-0.05, 0) is 32.2 Å². The highest BCUT2D eigenvalue weighted by Crippen LogP contribution is 2.15. The van der Waals surface area contributed by atoms with Crippen LogP contribution in [-0.2, 0) is 14.4 Å². The monoisotopic (exact) mass is 371 g/mol. The Kier molecular flexibility index (Phi) is 11.5. The molecule has 0 spiro atoms. The van der Waals surface area contributed by atoms with Crippen LogP contribution in [0.3, 0.4) is 0 Å². The van der Waals surface area contributed by atoms with E-state index in [0.29, 0.717) is 12.3 Å². The quantitative estimate of drug-likeness (QED) is 0.377. The average Bonchev–Trinajstić information content (AvgIpc) is 2.49. The van der Waals surface area contributed by atoms with Crippen molar-refractivity contribution in [1.82, 2.24) is 5.32 Å². The predicted molar refractivity (Wildman–Crippen MR) is 102 cm³/mol. The molecule has 0 aromatic carbocycles. The van der Waals surface area contributed by atoms with E-state index in [0.717, 1.165) is 6.42 Å². The summed E-state index contributed by atoms with van der Waals surface area (Å²) in [6.45, 7) is 9.28. The summed E-state index contributed by atoms with van der Waals surface area (Å²) in [5, 5.41) is 12.6. The van der Waals surface area contributed by atoms with Crippen LogP contribution in [-0.4, -0.2) is 47.3 Å². The molecule has 0 radical (unpaired) electrons. The summed E-state index contributed by atoms with van der Waals surface area (Å²) in [6, 6.07) is -0.959. The van der Waals surface area contributed by atoms with Crippen LogP contribution < -0.4 is 16.8 Å². The second-order valence-electron chi connectivity index (χ2n) is 7.88. The van der Waals surface area contributed by atoms with Crippen molar-refractivity contribution >= 4 is 17.5 Å². The van der Waals surface area contributed by atoms with E-state index in [4.69, 9.17) is 11.5 Å². The SMILES string of the molecule is CC(C)C[C@@H](N)CC(=O)C[C@H](C(=O)N[C@@H](CCN)C(=O)C(C)C)C(C)O. The van der Waals surface area contributed by atoms with E-state index >= 15 is 0 Å². The van der Waals surface area contributed by atoms with Gasteiger partial charge < -0.3 is 21.9 Å². The largest absolute Gasteiger partial charge is 0.393 e. The third-order valence-electron chi connectivity index (χ3n) is 4.31. The first-order chi connectivity index (χ1) is 12.0. The number of rotatable bonds is 13. The van der Waals surface area contributed by atoms with Crippen molar-refractivity contribution in [3.63, 3.8) is 0 Å². The van der Waals surface area contributed by atoms with Crippen molar-refractivity contribution in [3.8, 4) is 0 Å². The van der Waals surface area contributed by atoms with Gasteiger partial charge >= 0.3 is 0 Å². The highest BCUT2D eigenvalue weighted by Gasteiger charge is 2.30. The number of hydrogen-bond donors (Lipinski definition) is 4. The molecule has 0 aromatic rings. The summed E-state index contributed by atoms with van der Waals surface area (Å²) in [5.41, 5.74) is 11.5. The van der Waals surface area contributed by atoms with Gasteiger partial charge in [0.2, 0.25) is 5.91 Å². The Hall–Kier alpha value is -1.31. The first-order valence-electron chi connectivity index (χ1n) is 9.49. The molecule has 0 saturated heterocycles. The van der Waals surface area contributed by atoms with E-state index in [-0.39, 0.29) is 42.9 Å². The summed E-state index contributed by atoms with van der Waals surface area (Å²) < 4.78 is 0. The molecule has 26 heavy (non-hydrogen) atoms. The van der Waals surface area contributed by atoms with Gasteiger partial charge in [-0.25, -0.2) is 0 Å². The lowest BCUT2D eigenvalue weighted by Crippen LogP contribution is -2.48. The number of nitrogens with two attached hydrogens (primary N) is 2. The van der Waals surface area contributed by atoms with Crippen molar-refractivity contribution in [1.29, 1.82) is 0 Å². The lowest BCUT2D eigenvalue weighted by Gasteiger charge is -2.24. The molecule has 0 heterocycles. The fourth-order valence-electron chi connectivity index (χ4n) is 2.93. The Balaban J connectivity index is 4.93. The van der Waals surface area contributed by atoms with Crippen molar-refractivity contribution < 1.29 is 19.5 Å². The molecule has 0 aromatic heterocycles. The number of hydrogen-bond acceptors (Lipinski definition) is 6. The maximum Gasteiger partial charge on any atom is 0.226 e. The van der Waals surface area contributed by atoms with Crippen LogP contribution >= 0.6 is 0 Å². The number of aliphatic hydroxyl groups is 1. The van der Waals surface area contributed by atoms with E-state index < -0.39 is 24.0 Å². The minimum Gasteiger partial charge on any atom is -0.393 e. The van der Waals surface area contributed by atoms with E-state index in [1.807, 2.05) is 13.8 Å². The van der Waals surface area contributed by atoms with Crippen LogP contribution in [0.25, 0.3) is 0 Å². The Bertz CT molecular complexity index is 464. The van der Waals surface area contributed by atoms with Gasteiger partial charge in [-0.15, -0.1) is 0 Å². The standard InChI is InChI=1S/C19H37N3O4/c1-11(2)8-14(21)9-15(24)10-16(13(5)23)19(26)22-17(6-7-20)18(25)12(3)4/h11-14,16-17,23H,6-10,20-21H2,1-5H3,(H,22,26)/t13?,14-,16+,17+/m1/s1. The molecule has 6 N–H and O–H groups in total. The van der Waals surface area contributed by atoms with E-state index in [1.165, 1.54) is 6.92 Å². The molecular weight excluding hydrogens is 334 g/mol. The number of aliphatic hydroxyl groups excluding tert-OH is 1. The molecule has 7 heteroatoms. The number of Topliss-reactive ketones (excluding diaryl/α,β-unsaturated/α-hetero) is 2. The smallest absolute Gasteiger partial charge is 0.226 e. The second kappa shape index (κ2) is 12.1. The van der Waals surface area contributed by atoms with Gasteiger partial charge in [0.25, 0.3) is 0 Å². The average molecular weight is 372 g/mol. The molecule has 0 bridgehead atoms. The fourth-order valence-corrected chi connectivity index (χ4v) is 2.93. The minimum atomic E-state index is -1.01. The maximum absolute atomic E-state index is 12.5. The van der Waals surface area contributed by atoms with Crippen molar-refractivity contribution in [2.45, 2.75) is 78.5 Å². The number of amides is 1. The lowest BCUT2D eigenvalue weighted by atomic mass is 9.91. The van der Waals surface area contributed by atoms with Crippen molar-refractivity contribution in [3.05, 3.63) is 0 Å². The summed E-state index contributed by atoms with van der Waals surface area (Å²) in [6.07, 6.45) is 0.112. The molecular formula is C19H37N3O4.